The van der Waals surface area contributed by atoms with Crippen LogP contribution in [0.4, 0.5) is 0 Å². The first kappa shape index (κ1) is 13.3. The minimum atomic E-state index is -3.04. The lowest BCUT2D eigenvalue weighted by Gasteiger charge is -2.35. The molecule has 2 aliphatic heterocycles. The Hall–Kier alpha value is -0.170. The van der Waals surface area contributed by atoms with E-state index in [1.54, 1.807) is 4.31 Å². The molecule has 6 heteroatoms. The van der Waals surface area contributed by atoms with Crippen LogP contribution in [0.15, 0.2) is 0 Å². The predicted octanol–water partition coefficient (Wildman–Crippen LogP) is -0.294. The third-order valence-corrected chi connectivity index (χ3v) is 5.64. The normalized spacial score (nSPS) is 32.2. The summed E-state index contributed by atoms with van der Waals surface area (Å²) in [5.74, 6) is 0.240. The zero-order chi connectivity index (χ0) is 12.3. The molecule has 17 heavy (non-hydrogen) atoms. The molecule has 0 bridgehead atoms. The van der Waals surface area contributed by atoms with Crippen molar-refractivity contribution in [1.29, 1.82) is 0 Å². The summed E-state index contributed by atoms with van der Waals surface area (Å²) >= 11 is 0. The third kappa shape index (κ3) is 3.40. The average molecular weight is 261 g/mol. The fourth-order valence-electron chi connectivity index (χ4n) is 2.61. The molecule has 2 aliphatic rings. The van der Waals surface area contributed by atoms with Gasteiger partial charge in [-0.2, -0.15) is 4.31 Å². The Morgan fingerprint density at radius 3 is 2.82 bits per heavy atom. The Kier molecular flexibility index (Phi) is 4.41. The molecule has 100 valence electrons. The van der Waals surface area contributed by atoms with E-state index in [0.29, 0.717) is 25.7 Å². The van der Waals surface area contributed by atoms with Gasteiger partial charge in [0.2, 0.25) is 10.0 Å². The zero-order valence-electron chi connectivity index (χ0n) is 10.6. The van der Waals surface area contributed by atoms with Crippen LogP contribution in [0.25, 0.3) is 0 Å². The lowest BCUT2D eigenvalue weighted by molar-refractivity contribution is 0.160. The van der Waals surface area contributed by atoms with Gasteiger partial charge in [-0.25, -0.2) is 8.42 Å². The van der Waals surface area contributed by atoms with Crippen molar-refractivity contribution in [2.75, 3.05) is 45.5 Å². The van der Waals surface area contributed by atoms with Crippen molar-refractivity contribution >= 4 is 10.0 Å². The lowest BCUT2D eigenvalue weighted by Crippen LogP contribution is -2.47. The van der Waals surface area contributed by atoms with Crippen molar-refractivity contribution in [3.05, 3.63) is 0 Å². The van der Waals surface area contributed by atoms with Crippen molar-refractivity contribution in [3.8, 4) is 0 Å². The van der Waals surface area contributed by atoms with E-state index in [9.17, 15) is 8.42 Å². The van der Waals surface area contributed by atoms with Crippen LogP contribution in [0, 0.1) is 0 Å². The van der Waals surface area contributed by atoms with Crippen LogP contribution in [0.3, 0.4) is 0 Å². The fourth-order valence-corrected chi connectivity index (χ4v) is 4.04. The summed E-state index contributed by atoms with van der Waals surface area (Å²) < 4.78 is 25.8. The van der Waals surface area contributed by atoms with Gasteiger partial charge in [0.1, 0.15) is 0 Å². The topological polar surface area (TPSA) is 52.6 Å². The highest BCUT2D eigenvalue weighted by molar-refractivity contribution is 7.89. The largest absolute Gasteiger partial charge is 0.314 e. The maximum Gasteiger partial charge on any atom is 0.215 e. The molecule has 5 nitrogen and oxygen atoms in total. The number of likely N-dealkylation sites (N-methyl/N-ethyl adjacent to an activating group) is 1. The summed E-state index contributed by atoms with van der Waals surface area (Å²) in [6.45, 7) is 3.74. The molecule has 0 amide bonds. The summed E-state index contributed by atoms with van der Waals surface area (Å²) in [6, 6.07) is 0.400. The quantitative estimate of drug-likeness (QED) is 0.742. The van der Waals surface area contributed by atoms with Crippen molar-refractivity contribution < 1.29 is 8.42 Å². The van der Waals surface area contributed by atoms with Gasteiger partial charge in [-0.15, -0.1) is 0 Å². The van der Waals surface area contributed by atoms with Crippen molar-refractivity contribution in [1.82, 2.24) is 14.5 Å². The molecule has 0 aromatic rings. The maximum absolute atomic E-state index is 12.0. The van der Waals surface area contributed by atoms with E-state index in [1.807, 2.05) is 0 Å². The Labute approximate surface area is 104 Å². The van der Waals surface area contributed by atoms with Gasteiger partial charge in [-0.1, -0.05) is 6.42 Å². The number of piperidine rings is 1. The molecule has 0 aromatic heterocycles. The van der Waals surface area contributed by atoms with E-state index >= 15 is 0 Å². The third-order valence-electron chi connectivity index (χ3n) is 3.80. The molecule has 0 spiro atoms. The first-order valence-corrected chi connectivity index (χ1v) is 8.09. The minimum absolute atomic E-state index is 0.240. The Morgan fingerprint density at radius 2 is 2.06 bits per heavy atom. The first-order chi connectivity index (χ1) is 8.09. The number of hydrogen-bond donors (Lipinski definition) is 1. The van der Waals surface area contributed by atoms with Gasteiger partial charge in [0, 0.05) is 32.2 Å². The molecule has 0 aromatic carbocycles. The van der Waals surface area contributed by atoms with Crippen LogP contribution in [-0.2, 0) is 10.0 Å². The van der Waals surface area contributed by atoms with Crippen LogP contribution in [0.5, 0.6) is 0 Å². The summed E-state index contributed by atoms with van der Waals surface area (Å²) in [6.07, 6.45) is 3.58. The second-order valence-corrected chi connectivity index (χ2v) is 7.14. The summed E-state index contributed by atoms with van der Waals surface area (Å²) in [5, 5.41) is 3.15. The summed E-state index contributed by atoms with van der Waals surface area (Å²) in [7, 11) is -0.935. The number of hydrogen-bond acceptors (Lipinski definition) is 4. The number of likely N-dealkylation sites (tertiary alicyclic amines) is 1. The van der Waals surface area contributed by atoms with Gasteiger partial charge in [-0.3, -0.25) is 0 Å². The first-order valence-electron chi connectivity index (χ1n) is 6.48. The molecule has 2 heterocycles. The van der Waals surface area contributed by atoms with Gasteiger partial charge in [-0.05, 0) is 26.4 Å². The SMILES string of the molecule is CN1CCCCC1CN1CCNCCS1(=O)=O. The molecule has 2 saturated heterocycles. The van der Waals surface area contributed by atoms with Crippen LogP contribution in [0.2, 0.25) is 0 Å². The van der Waals surface area contributed by atoms with E-state index in [-0.39, 0.29) is 5.75 Å². The number of nitrogens with zero attached hydrogens (tertiary/aromatic N) is 2. The van der Waals surface area contributed by atoms with E-state index in [4.69, 9.17) is 0 Å². The van der Waals surface area contributed by atoms with E-state index in [0.717, 1.165) is 19.5 Å². The van der Waals surface area contributed by atoms with Gasteiger partial charge < -0.3 is 10.2 Å². The molecule has 1 N–H and O–H groups in total. The van der Waals surface area contributed by atoms with Gasteiger partial charge in [0.25, 0.3) is 0 Å². The molecular weight excluding hydrogens is 238 g/mol. The molecule has 0 radical (unpaired) electrons. The molecule has 1 atom stereocenters. The van der Waals surface area contributed by atoms with Gasteiger partial charge >= 0.3 is 0 Å². The monoisotopic (exact) mass is 261 g/mol. The lowest BCUT2D eigenvalue weighted by atomic mass is 10.0. The average Bonchev–Trinajstić information content (AvgIpc) is 2.44. The molecule has 0 aliphatic carbocycles. The standard InChI is InChI=1S/C11H23N3O2S/c1-13-7-3-2-4-11(13)10-14-8-5-12-6-9-17(14,15)16/h11-12H,2-10H2,1H3. The number of sulfonamides is 1. The van der Waals surface area contributed by atoms with E-state index in [1.165, 1.54) is 12.8 Å². The van der Waals surface area contributed by atoms with Crippen molar-refractivity contribution in [2.45, 2.75) is 25.3 Å². The molecular formula is C11H23N3O2S. The van der Waals surface area contributed by atoms with Crippen LogP contribution in [-0.4, -0.2) is 69.2 Å². The molecule has 1 unspecified atom stereocenters. The minimum Gasteiger partial charge on any atom is -0.314 e. The summed E-state index contributed by atoms with van der Waals surface area (Å²) in [4.78, 5) is 2.30. The highest BCUT2D eigenvalue weighted by atomic mass is 32.2. The second-order valence-electron chi connectivity index (χ2n) is 5.05. The maximum atomic E-state index is 12.0. The Morgan fingerprint density at radius 1 is 1.24 bits per heavy atom. The van der Waals surface area contributed by atoms with Crippen LogP contribution >= 0.6 is 0 Å². The Balaban J connectivity index is 2.00. The van der Waals surface area contributed by atoms with E-state index < -0.39 is 10.0 Å². The molecule has 2 fully saturated rings. The number of rotatable bonds is 2. The highest BCUT2D eigenvalue weighted by Gasteiger charge is 2.29. The number of nitrogens with one attached hydrogen (secondary N) is 1. The van der Waals surface area contributed by atoms with Crippen LogP contribution < -0.4 is 5.32 Å². The molecule has 0 saturated carbocycles. The van der Waals surface area contributed by atoms with Crippen LogP contribution in [0.1, 0.15) is 19.3 Å². The van der Waals surface area contributed by atoms with Crippen molar-refractivity contribution in [2.24, 2.45) is 0 Å². The second kappa shape index (κ2) is 5.65. The molecule has 2 rings (SSSR count). The van der Waals surface area contributed by atoms with E-state index in [2.05, 4.69) is 17.3 Å². The Bertz CT molecular complexity index is 345. The zero-order valence-corrected chi connectivity index (χ0v) is 11.4. The predicted molar refractivity (Wildman–Crippen MR) is 68.5 cm³/mol. The van der Waals surface area contributed by atoms with Gasteiger partial charge in [0.05, 0.1) is 5.75 Å². The summed E-state index contributed by atoms with van der Waals surface area (Å²) in [5.41, 5.74) is 0. The fraction of sp³-hybridized carbons (Fsp3) is 1.00. The highest BCUT2D eigenvalue weighted by Crippen LogP contribution is 2.17. The van der Waals surface area contributed by atoms with Gasteiger partial charge in [0.15, 0.2) is 0 Å². The smallest absolute Gasteiger partial charge is 0.215 e. The van der Waals surface area contributed by atoms with Crippen molar-refractivity contribution in [3.63, 3.8) is 0 Å².